The number of nitrogens with zero attached hydrogens (tertiary/aromatic N) is 8. The van der Waals surface area contributed by atoms with E-state index in [-0.39, 0.29) is 53.5 Å². The highest BCUT2D eigenvalue weighted by Gasteiger charge is 2.58. The minimum atomic E-state index is -0.700. The van der Waals surface area contributed by atoms with Crippen LogP contribution in [0, 0.1) is 11.3 Å². The fourth-order valence-corrected chi connectivity index (χ4v) is 14.2. The Morgan fingerprint density at radius 3 is 2.16 bits per heavy atom. The Balaban J connectivity index is 0.673. The number of carbonyl (C=O) groups excluding carboxylic acids is 5. The maximum atomic E-state index is 15.3. The molecular formula is C57H70N10O6. The molecule has 2 aromatic heterocycles. The summed E-state index contributed by atoms with van der Waals surface area (Å²) in [5, 5.41) is 6.16. The Morgan fingerprint density at radius 1 is 0.795 bits per heavy atom. The number of hydrogen-bond donors (Lipinski definition) is 2. The number of rotatable bonds is 10. The number of nitrogens with one attached hydrogen (secondary N) is 2. The fraction of sp³-hybridized carbons (Fsp3) is 0.596. The molecule has 16 nitrogen and oxygen atoms in total. The van der Waals surface area contributed by atoms with Crippen LogP contribution in [-0.4, -0.2) is 141 Å². The van der Waals surface area contributed by atoms with Gasteiger partial charge in [0, 0.05) is 110 Å². The summed E-state index contributed by atoms with van der Waals surface area (Å²) >= 11 is 0. The predicted octanol–water partition coefficient (Wildman–Crippen LogP) is 6.53. The lowest BCUT2D eigenvalue weighted by molar-refractivity contribution is -0.161. The molecule has 3 unspecified atom stereocenters. The minimum absolute atomic E-state index is 0.0492. The number of imide groups is 1. The third-order valence-electron chi connectivity index (χ3n) is 18.9. The predicted molar refractivity (Wildman–Crippen MR) is 277 cm³/mol. The van der Waals surface area contributed by atoms with Crippen LogP contribution in [0.4, 0.5) is 17.2 Å². The van der Waals surface area contributed by atoms with Gasteiger partial charge in [-0.2, -0.15) is 0 Å². The molecule has 2 aromatic carbocycles. The lowest BCUT2D eigenvalue weighted by Crippen LogP contribution is -2.70. The summed E-state index contributed by atoms with van der Waals surface area (Å²) in [5.74, 6) is 0.598. The van der Waals surface area contributed by atoms with Crippen molar-refractivity contribution in [1.82, 2.24) is 34.6 Å². The van der Waals surface area contributed by atoms with E-state index < -0.39 is 10.8 Å². The zero-order chi connectivity index (χ0) is 49.9. The summed E-state index contributed by atoms with van der Waals surface area (Å²) in [7, 11) is 0. The summed E-state index contributed by atoms with van der Waals surface area (Å²) < 4.78 is 8.03. The average molecular weight is 991 g/mol. The molecule has 13 rings (SSSR count). The number of imidazole rings is 1. The van der Waals surface area contributed by atoms with Gasteiger partial charge < -0.3 is 34.2 Å². The highest BCUT2D eigenvalue weighted by molar-refractivity contribution is 6.09. The van der Waals surface area contributed by atoms with Crippen LogP contribution < -0.4 is 20.4 Å². The molecule has 2 N–H and O–H groups in total. The van der Waals surface area contributed by atoms with Crippen LogP contribution >= 0.6 is 0 Å². The summed E-state index contributed by atoms with van der Waals surface area (Å²) in [4.78, 5) is 89.3. The maximum Gasteiger partial charge on any atom is 0.238 e. The van der Waals surface area contributed by atoms with Gasteiger partial charge in [-0.1, -0.05) is 31.2 Å². The normalized spacial score (nSPS) is 28.1. The molecule has 5 amide bonds. The second-order valence-corrected chi connectivity index (χ2v) is 23.7. The van der Waals surface area contributed by atoms with E-state index in [1.807, 2.05) is 40.4 Å². The third kappa shape index (κ3) is 8.02. The molecule has 4 aromatic rings. The van der Waals surface area contributed by atoms with Gasteiger partial charge in [0.2, 0.25) is 29.5 Å². The molecule has 8 fully saturated rings. The zero-order valence-electron chi connectivity index (χ0n) is 42.7. The number of hydrogen-bond acceptors (Lipinski definition) is 11. The Bertz CT molecular complexity index is 2850. The lowest BCUT2D eigenvalue weighted by atomic mass is 9.72. The van der Waals surface area contributed by atoms with Crippen LogP contribution in [0.3, 0.4) is 0 Å². The van der Waals surface area contributed by atoms with Crippen molar-refractivity contribution in [3.05, 3.63) is 66.0 Å². The molecule has 1 spiro atoms. The first-order valence-corrected chi connectivity index (χ1v) is 27.6. The number of aromatic nitrogens is 3. The Kier molecular flexibility index (Phi) is 11.5. The molecule has 9 aliphatic rings. The van der Waals surface area contributed by atoms with E-state index in [9.17, 15) is 19.2 Å². The molecule has 384 valence electrons. The van der Waals surface area contributed by atoms with Crippen molar-refractivity contribution in [1.29, 1.82) is 0 Å². The van der Waals surface area contributed by atoms with Crippen LogP contribution in [0.15, 0.2) is 54.9 Å². The second-order valence-electron chi connectivity index (χ2n) is 23.7. The van der Waals surface area contributed by atoms with Crippen molar-refractivity contribution in [3.63, 3.8) is 0 Å². The van der Waals surface area contributed by atoms with Gasteiger partial charge in [0.15, 0.2) is 5.82 Å². The summed E-state index contributed by atoms with van der Waals surface area (Å²) in [6, 6.07) is 19.0. The molecule has 7 aliphatic heterocycles. The molecule has 16 heteroatoms. The first-order valence-electron chi connectivity index (χ1n) is 27.6. The largest absolute Gasteiger partial charge is 0.378 e. The topological polar surface area (TPSA) is 166 Å². The van der Waals surface area contributed by atoms with Gasteiger partial charge in [0.25, 0.3) is 0 Å². The van der Waals surface area contributed by atoms with Gasteiger partial charge in [-0.15, -0.1) is 0 Å². The molecule has 2 saturated carbocycles. The van der Waals surface area contributed by atoms with Crippen molar-refractivity contribution in [2.75, 3.05) is 67.6 Å². The third-order valence-corrected chi connectivity index (χ3v) is 18.9. The number of benzene rings is 2. The van der Waals surface area contributed by atoms with Crippen molar-refractivity contribution in [2.45, 2.75) is 152 Å². The monoisotopic (exact) mass is 991 g/mol. The summed E-state index contributed by atoms with van der Waals surface area (Å²) in [5.41, 5.74) is 6.57. The summed E-state index contributed by atoms with van der Waals surface area (Å²) in [6.45, 7) is 11.8. The minimum Gasteiger partial charge on any atom is -0.378 e. The summed E-state index contributed by atoms with van der Waals surface area (Å²) in [6.07, 6.45) is 12.1. The first kappa shape index (κ1) is 46.9. The number of anilines is 3. The number of carbonyl (C=O) groups is 5. The molecular weight excluding hydrogens is 921 g/mol. The smallest absolute Gasteiger partial charge is 0.238 e. The van der Waals surface area contributed by atoms with Crippen molar-refractivity contribution in [2.24, 2.45) is 11.3 Å². The Morgan fingerprint density at radius 2 is 1.49 bits per heavy atom. The van der Waals surface area contributed by atoms with Gasteiger partial charge in [-0.3, -0.25) is 34.2 Å². The van der Waals surface area contributed by atoms with E-state index in [2.05, 4.69) is 74.9 Å². The highest BCUT2D eigenvalue weighted by atomic mass is 16.5. The van der Waals surface area contributed by atoms with Crippen LogP contribution in [0.1, 0.15) is 127 Å². The molecule has 6 saturated heterocycles. The number of amides is 5. The zero-order valence-corrected chi connectivity index (χ0v) is 42.7. The molecule has 2 bridgehead atoms. The Hall–Kier alpha value is -5.87. The quantitative estimate of drug-likeness (QED) is 0.166. The average Bonchev–Trinajstić information content (AvgIpc) is 4.06. The number of likely N-dealkylation sites (tertiary alicyclic amines) is 2. The van der Waals surface area contributed by atoms with Crippen LogP contribution in [0.25, 0.3) is 22.3 Å². The van der Waals surface area contributed by atoms with E-state index in [1.165, 1.54) is 6.42 Å². The van der Waals surface area contributed by atoms with E-state index in [4.69, 9.17) is 14.7 Å². The maximum absolute atomic E-state index is 15.3. The van der Waals surface area contributed by atoms with Crippen molar-refractivity contribution in [3.8, 4) is 11.3 Å². The van der Waals surface area contributed by atoms with Crippen LogP contribution in [0.5, 0.6) is 0 Å². The van der Waals surface area contributed by atoms with E-state index in [0.29, 0.717) is 88.9 Å². The van der Waals surface area contributed by atoms with E-state index >= 15 is 4.79 Å². The number of ether oxygens (including phenoxy) is 1. The van der Waals surface area contributed by atoms with Crippen molar-refractivity contribution >= 4 is 57.8 Å². The first-order chi connectivity index (χ1) is 35.3. The molecule has 0 radical (unpaired) electrons. The fourth-order valence-electron chi connectivity index (χ4n) is 14.2. The number of morpholine rings is 1. The second kappa shape index (κ2) is 17.9. The molecule has 3 atom stereocenters. The molecule has 73 heavy (non-hydrogen) atoms. The van der Waals surface area contributed by atoms with Crippen molar-refractivity contribution < 1.29 is 28.7 Å². The van der Waals surface area contributed by atoms with Gasteiger partial charge >= 0.3 is 0 Å². The number of piperidine rings is 4. The molecule has 2 aliphatic carbocycles. The Labute approximate surface area is 427 Å². The van der Waals surface area contributed by atoms with Gasteiger partial charge in [-0.25, -0.2) is 9.97 Å². The highest BCUT2D eigenvalue weighted by Crippen LogP contribution is 2.53. The van der Waals surface area contributed by atoms with E-state index in [1.54, 1.807) is 0 Å². The van der Waals surface area contributed by atoms with Gasteiger partial charge in [0.05, 0.1) is 42.1 Å². The number of pyridine rings is 1. The van der Waals surface area contributed by atoms with Crippen LogP contribution in [0.2, 0.25) is 0 Å². The standard InChI is InChI=1S/C57H70N10O6/c1-34(2)65-33-58-47-30-46(60-51(50(47)65)59-38-7-8-38)37-6-12-45-48(26-37)67(41-27-40(28-41)66-42-29-43(66)32-73-31-42)55(72)57(45)18-24-64(25-19-57)54(71)56(3)16-22-63(23-17-56)53(70)36-14-20-62(21-15-36)39-9-4-35(5-10-39)44-11-13-49(68)61-52(44)69/h4-6,9-10,12,26,30,33-34,36,38,40-44H,7-8,11,13-25,27-29,31-32H2,1-3H3,(H,59,60)(H,61,68,69)/t40-,41+,42?,43?,44?. The SMILES string of the molecule is CC(C)n1cnc2cc(-c3ccc4c(c3)N([C@H]3C[C@@H](N5C6COCC5C6)C3)C(=O)C43CCN(C(=O)C4(C)CCN(C(=O)C5CCN(c6ccc(C7CCC(=O)NC7=O)cc6)CC5)CC4)CC3)nc(NC3CC3)c21. The van der Waals surface area contributed by atoms with Gasteiger partial charge in [0.1, 0.15) is 5.52 Å². The van der Waals surface area contributed by atoms with Gasteiger partial charge in [-0.05, 0) is 126 Å². The van der Waals surface area contributed by atoms with E-state index in [0.717, 1.165) is 115 Å². The number of fused-ring (bicyclic) bond motifs is 5. The lowest BCUT2D eigenvalue weighted by Gasteiger charge is -2.60. The molecule has 9 heterocycles. The van der Waals surface area contributed by atoms with Crippen LogP contribution in [-0.2, 0) is 34.1 Å².